The zero-order chi connectivity index (χ0) is 13.4. The summed E-state index contributed by atoms with van der Waals surface area (Å²) in [5.41, 5.74) is 9.95. The molecule has 2 N–H and O–H groups in total. The molecule has 1 aromatic heterocycles. The highest BCUT2D eigenvalue weighted by Crippen LogP contribution is 2.30. The molecule has 1 fully saturated rings. The number of anilines is 2. The lowest BCUT2D eigenvalue weighted by atomic mass is 10.1. The Morgan fingerprint density at radius 2 is 2.21 bits per heavy atom. The molecule has 0 amide bonds. The summed E-state index contributed by atoms with van der Waals surface area (Å²) in [4.78, 5) is 6.97. The van der Waals surface area contributed by atoms with Crippen molar-refractivity contribution in [3.8, 4) is 0 Å². The van der Waals surface area contributed by atoms with Crippen molar-refractivity contribution in [3.63, 3.8) is 0 Å². The molecule has 0 bridgehead atoms. The minimum atomic E-state index is 0.375. The lowest BCUT2D eigenvalue weighted by Gasteiger charge is -2.36. The smallest absolute Gasteiger partial charge is 0.0727 e. The second-order valence-electron chi connectivity index (χ2n) is 5.18. The SMILES string of the molecule is Cc1cc(N2CCOCC2C)c2cc(N)ccc2n1. The van der Waals surface area contributed by atoms with Crippen LogP contribution in [-0.2, 0) is 4.74 Å². The summed E-state index contributed by atoms with van der Waals surface area (Å²) in [5.74, 6) is 0. The maximum Gasteiger partial charge on any atom is 0.0727 e. The average molecular weight is 257 g/mol. The van der Waals surface area contributed by atoms with Crippen molar-refractivity contribution >= 4 is 22.3 Å². The van der Waals surface area contributed by atoms with Gasteiger partial charge in [-0.2, -0.15) is 0 Å². The molecule has 1 atom stereocenters. The summed E-state index contributed by atoms with van der Waals surface area (Å²) >= 11 is 0. The van der Waals surface area contributed by atoms with E-state index in [1.54, 1.807) is 0 Å². The molecule has 2 aromatic rings. The van der Waals surface area contributed by atoms with Gasteiger partial charge in [0, 0.05) is 35.0 Å². The first-order valence-corrected chi connectivity index (χ1v) is 6.66. The van der Waals surface area contributed by atoms with Gasteiger partial charge in [-0.25, -0.2) is 0 Å². The van der Waals surface area contributed by atoms with Crippen LogP contribution in [0.5, 0.6) is 0 Å². The minimum Gasteiger partial charge on any atom is -0.399 e. The minimum absolute atomic E-state index is 0.375. The highest BCUT2D eigenvalue weighted by Gasteiger charge is 2.21. The largest absolute Gasteiger partial charge is 0.399 e. The number of nitrogens with two attached hydrogens (primary N) is 1. The standard InChI is InChI=1S/C15H19N3O/c1-10-7-15(18-5-6-19-9-11(18)2)13-8-12(16)3-4-14(13)17-10/h3-4,7-8,11H,5-6,9,16H2,1-2H3. The summed E-state index contributed by atoms with van der Waals surface area (Å²) in [5, 5.41) is 1.12. The third kappa shape index (κ3) is 2.24. The molecule has 0 spiro atoms. The second kappa shape index (κ2) is 4.70. The van der Waals surface area contributed by atoms with Crippen molar-refractivity contribution in [2.24, 2.45) is 0 Å². The fourth-order valence-corrected chi connectivity index (χ4v) is 2.68. The Labute approximate surface area is 113 Å². The molecule has 19 heavy (non-hydrogen) atoms. The van der Waals surface area contributed by atoms with E-state index in [9.17, 15) is 0 Å². The third-order valence-corrected chi connectivity index (χ3v) is 3.62. The van der Waals surface area contributed by atoms with Crippen LogP contribution in [0.15, 0.2) is 24.3 Å². The summed E-state index contributed by atoms with van der Waals surface area (Å²) in [6.45, 7) is 6.67. The third-order valence-electron chi connectivity index (χ3n) is 3.62. The average Bonchev–Trinajstić information content (AvgIpc) is 2.39. The quantitative estimate of drug-likeness (QED) is 0.797. The van der Waals surface area contributed by atoms with Crippen molar-refractivity contribution in [3.05, 3.63) is 30.0 Å². The highest BCUT2D eigenvalue weighted by molar-refractivity contribution is 5.94. The normalized spacial score (nSPS) is 19.9. The van der Waals surface area contributed by atoms with Gasteiger partial charge in [0.2, 0.25) is 0 Å². The van der Waals surface area contributed by atoms with Crippen LogP contribution in [0.2, 0.25) is 0 Å². The number of hydrogen-bond acceptors (Lipinski definition) is 4. The van der Waals surface area contributed by atoms with E-state index in [0.717, 1.165) is 42.0 Å². The predicted octanol–water partition coefficient (Wildman–Crippen LogP) is 2.35. The van der Waals surface area contributed by atoms with Crippen LogP contribution in [-0.4, -0.2) is 30.8 Å². The molecule has 1 aliphatic rings. The number of fused-ring (bicyclic) bond motifs is 1. The van der Waals surface area contributed by atoms with E-state index in [2.05, 4.69) is 22.9 Å². The first kappa shape index (κ1) is 12.2. The van der Waals surface area contributed by atoms with Crippen LogP contribution >= 0.6 is 0 Å². The molecule has 2 heterocycles. The topological polar surface area (TPSA) is 51.4 Å². The van der Waals surface area contributed by atoms with Crippen LogP contribution < -0.4 is 10.6 Å². The van der Waals surface area contributed by atoms with Crippen LogP contribution in [0.4, 0.5) is 11.4 Å². The van der Waals surface area contributed by atoms with Gasteiger partial charge in [0.15, 0.2) is 0 Å². The van der Waals surface area contributed by atoms with E-state index >= 15 is 0 Å². The number of pyridine rings is 1. The summed E-state index contributed by atoms with van der Waals surface area (Å²) < 4.78 is 5.52. The Bertz CT molecular complexity index is 612. The molecule has 0 aliphatic carbocycles. The molecule has 4 heteroatoms. The first-order valence-electron chi connectivity index (χ1n) is 6.66. The number of aromatic nitrogens is 1. The van der Waals surface area contributed by atoms with Gasteiger partial charge >= 0.3 is 0 Å². The summed E-state index contributed by atoms with van der Waals surface area (Å²) in [6, 6.07) is 8.43. The molecular weight excluding hydrogens is 238 g/mol. The Morgan fingerprint density at radius 3 is 3.00 bits per heavy atom. The predicted molar refractivity (Wildman–Crippen MR) is 78.5 cm³/mol. The summed E-state index contributed by atoms with van der Waals surface area (Å²) in [7, 11) is 0. The van der Waals surface area contributed by atoms with Crippen molar-refractivity contribution in [2.75, 3.05) is 30.4 Å². The molecular formula is C15H19N3O. The van der Waals surface area contributed by atoms with Gasteiger partial charge in [0.1, 0.15) is 0 Å². The molecule has 1 unspecified atom stereocenters. The molecule has 4 nitrogen and oxygen atoms in total. The fraction of sp³-hybridized carbons (Fsp3) is 0.400. The van der Waals surface area contributed by atoms with Crippen LogP contribution in [0.25, 0.3) is 10.9 Å². The van der Waals surface area contributed by atoms with Gasteiger partial charge in [-0.3, -0.25) is 4.98 Å². The molecule has 100 valence electrons. The Balaban J connectivity index is 2.18. The van der Waals surface area contributed by atoms with E-state index in [4.69, 9.17) is 10.5 Å². The van der Waals surface area contributed by atoms with Gasteiger partial charge in [0.05, 0.1) is 18.7 Å². The lowest BCUT2D eigenvalue weighted by Crippen LogP contribution is -2.43. The van der Waals surface area contributed by atoms with Crippen molar-refractivity contribution in [1.29, 1.82) is 0 Å². The Hall–Kier alpha value is -1.81. The lowest BCUT2D eigenvalue weighted by molar-refractivity contribution is 0.0991. The van der Waals surface area contributed by atoms with Crippen molar-refractivity contribution < 1.29 is 4.74 Å². The summed E-state index contributed by atoms with van der Waals surface area (Å²) in [6.07, 6.45) is 0. The maximum absolute atomic E-state index is 5.92. The van der Waals surface area contributed by atoms with Gasteiger partial charge in [-0.1, -0.05) is 0 Å². The number of ether oxygens (including phenoxy) is 1. The molecule has 1 aromatic carbocycles. The monoisotopic (exact) mass is 257 g/mol. The molecule has 0 saturated carbocycles. The van der Waals surface area contributed by atoms with Crippen LogP contribution in [0.3, 0.4) is 0 Å². The van der Waals surface area contributed by atoms with Gasteiger partial charge in [0.25, 0.3) is 0 Å². The maximum atomic E-state index is 5.92. The number of aryl methyl sites for hydroxylation is 1. The molecule has 3 rings (SSSR count). The van der Waals surface area contributed by atoms with Crippen LogP contribution in [0.1, 0.15) is 12.6 Å². The van der Waals surface area contributed by atoms with E-state index in [-0.39, 0.29) is 0 Å². The zero-order valence-electron chi connectivity index (χ0n) is 11.4. The van der Waals surface area contributed by atoms with E-state index in [1.807, 2.05) is 25.1 Å². The Kier molecular flexibility index (Phi) is 3.03. The number of benzene rings is 1. The number of nitrogen functional groups attached to an aromatic ring is 1. The molecule has 1 saturated heterocycles. The van der Waals surface area contributed by atoms with E-state index < -0.39 is 0 Å². The highest BCUT2D eigenvalue weighted by atomic mass is 16.5. The van der Waals surface area contributed by atoms with Crippen molar-refractivity contribution in [2.45, 2.75) is 19.9 Å². The van der Waals surface area contributed by atoms with E-state index in [1.165, 1.54) is 5.69 Å². The fourth-order valence-electron chi connectivity index (χ4n) is 2.68. The number of nitrogens with zero attached hydrogens (tertiary/aromatic N) is 2. The van der Waals surface area contributed by atoms with Gasteiger partial charge in [-0.05, 0) is 38.1 Å². The zero-order valence-corrected chi connectivity index (χ0v) is 11.4. The van der Waals surface area contributed by atoms with E-state index in [0.29, 0.717) is 6.04 Å². The number of morpholine rings is 1. The number of hydrogen-bond donors (Lipinski definition) is 1. The first-order chi connectivity index (χ1) is 9.15. The molecule has 1 aliphatic heterocycles. The van der Waals surface area contributed by atoms with Gasteiger partial charge < -0.3 is 15.4 Å². The molecule has 0 radical (unpaired) electrons. The van der Waals surface area contributed by atoms with Crippen molar-refractivity contribution in [1.82, 2.24) is 4.98 Å². The van der Waals surface area contributed by atoms with Crippen LogP contribution in [0, 0.1) is 6.92 Å². The second-order valence-corrected chi connectivity index (χ2v) is 5.18. The van der Waals surface area contributed by atoms with Gasteiger partial charge in [-0.15, -0.1) is 0 Å². The number of rotatable bonds is 1. The Morgan fingerprint density at radius 1 is 1.37 bits per heavy atom.